The first-order valence-electron chi connectivity index (χ1n) is 6.13. The van der Waals surface area contributed by atoms with E-state index in [2.05, 4.69) is 43.4 Å². The van der Waals surface area contributed by atoms with Crippen molar-refractivity contribution in [3.05, 3.63) is 35.4 Å². The first-order chi connectivity index (χ1) is 7.63. The zero-order valence-electron chi connectivity index (χ0n) is 10.5. The summed E-state index contributed by atoms with van der Waals surface area (Å²) in [6.45, 7) is 6.75. The highest BCUT2D eigenvalue weighted by Crippen LogP contribution is 2.14. The quantitative estimate of drug-likeness (QED) is 0.774. The number of nitrogens with one attached hydrogen (secondary N) is 1. The van der Waals surface area contributed by atoms with Crippen LogP contribution in [0.1, 0.15) is 44.4 Å². The molecule has 1 aromatic carbocycles. The summed E-state index contributed by atoms with van der Waals surface area (Å²) < 4.78 is 0. The molecule has 2 atom stereocenters. The van der Waals surface area contributed by atoms with E-state index in [1.807, 2.05) is 0 Å². The van der Waals surface area contributed by atoms with Gasteiger partial charge in [-0.15, -0.1) is 0 Å². The molecule has 0 spiro atoms. The third-order valence-electron chi connectivity index (χ3n) is 2.74. The van der Waals surface area contributed by atoms with Crippen LogP contribution in [0.25, 0.3) is 0 Å². The number of aryl methyl sites for hydroxylation is 1. The van der Waals surface area contributed by atoms with Gasteiger partial charge < -0.3 is 10.4 Å². The lowest BCUT2D eigenvalue weighted by Gasteiger charge is -2.15. The van der Waals surface area contributed by atoms with Crippen LogP contribution in [0.15, 0.2) is 24.3 Å². The Balaban J connectivity index is 2.52. The van der Waals surface area contributed by atoms with Crippen molar-refractivity contribution in [2.75, 3.05) is 6.54 Å². The molecule has 0 bridgehead atoms. The Bertz CT molecular complexity index is 292. The highest BCUT2D eigenvalue weighted by atomic mass is 16.3. The van der Waals surface area contributed by atoms with Crippen molar-refractivity contribution >= 4 is 0 Å². The average molecular weight is 221 g/mol. The number of rotatable bonds is 6. The van der Waals surface area contributed by atoms with E-state index in [0.29, 0.717) is 12.6 Å². The third-order valence-corrected chi connectivity index (χ3v) is 2.74. The lowest BCUT2D eigenvalue weighted by Crippen LogP contribution is -2.27. The molecule has 16 heavy (non-hydrogen) atoms. The molecule has 0 heterocycles. The van der Waals surface area contributed by atoms with Gasteiger partial charge in [0.15, 0.2) is 0 Å². The molecule has 0 amide bonds. The number of hydrogen-bond donors (Lipinski definition) is 2. The largest absolute Gasteiger partial charge is 0.392 e. The van der Waals surface area contributed by atoms with Crippen molar-refractivity contribution in [1.82, 2.24) is 5.32 Å². The standard InChI is InChI=1S/C14H23NO/c1-4-5-13-6-8-14(9-7-13)12(3)15-10-11(2)16/h6-9,11-12,15-16H,4-5,10H2,1-3H3/t11-,12?/m0/s1. The number of aliphatic hydroxyl groups is 1. The van der Waals surface area contributed by atoms with Crippen molar-refractivity contribution < 1.29 is 5.11 Å². The van der Waals surface area contributed by atoms with E-state index in [9.17, 15) is 5.11 Å². The minimum absolute atomic E-state index is 0.290. The zero-order valence-corrected chi connectivity index (χ0v) is 10.5. The highest BCUT2D eigenvalue weighted by molar-refractivity contribution is 5.24. The molecule has 2 heteroatoms. The topological polar surface area (TPSA) is 32.3 Å². The van der Waals surface area contributed by atoms with Crippen LogP contribution in [0.4, 0.5) is 0 Å². The summed E-state index contributed by atoms with van der Waals surface area (Å²) in [6.07, 6.45) is 2.05. The summed E-state index contributed by atoms with van der Waals surface area (Å²) in [5, 5.41) is 12.5. The van der Waals surface area contributed by atoms with Crippen LogP contribution >= 0.6 is 0 Å². The molecule has 0 aliphatic heterocycles. The lowest BCUT2D eigenvalue weighted by molar-refractivity contribution is 0.187. The molecule has 0 radical (unpaired) electrons. The highest BCUT2D eigenvalue weighted by Gasteiger charge is 2.05. The molecule has 2 N–H and O–H groups in total. The Morgan fingerprint density at radius 2 is 1.81 bits per heavy atom. The van der Waals surface area contributed by atoms with Crippen molar-refractivity contribution in [2.24, 2.45) is 0 Å². The summed E-state index contributed by atoms with van der Waals surface area (Å²) in [6, 6.07) is 9.03. The van der Waals surface area contributed by atoms with Gasteiger partial charge in [0.05, 0.1) is 6.10 Å². The van der Waals surface area contributed by atoms with Gasteiger partial charge in [0, 0.05) is 12.6 Å². The Morgan fingerprint density at radius 1 is 1.19 bits per heavy atom. The van der Waals surface area contributed by atoms with Gasteiger partial charge in [-0.3, -0.25) is 0 Å². The fraction of sp³-hybridized carbons (Fsp3) is 0.571. The second-order valence-electron chi connectivity index (χ2n) is 4.47. The van der Waals surface area contributed by atoms with Crippen LogP contribution < -0.4 is 5.32 Å². The van der Waals surface area contributed by atoms with Crippen molar-refractivity contribution in [3.8, 4) is 0 Å². The summed E-state index contributed by atoms with van der Waals surface area (Å²) in [7, 11) is 0. The minimum atomic E-state index is -0.290. The molecule has 0 fully saturated rings. The zero-order chi connectivity index (χ0) is 12.0. The first-order valence-corrected chi connectivity index (χ1v) is 6.13. The van der Waals surface area contributed by atoms with Gasteiger partial charge in [0.1, 0.15) is 0 Å². The molecule has 1 rings (SSSR count). The van der Waals surface area contributed by atoms with Crippen LogP contribution in [0.2, 0.25) is 0 Å². The van der Waals surface area contributed by atoms with E-state index in [1.165, 1.54) is 17.5 Å². The van der Waals surface area contributed by atoms with Crippen LogP contribution in [0, 0.1) is 0 Å². The molecular weight excluding hydrogens is 198 g/mol. The van der Waals surface area contributed by atoms with Crippen LogP contribution in [-0.2, 0) is 6.42 Å². The van der Waals surface area contributed by atoms with Gasteiger partial charge in [-0.05, 0) is 31.4 Å². The van der Waals surface area contributed by atoms with E-state index < -0.39 is 0 Å². The number of hydrogen-bond acceptors (Lipinski definition) is 2. The predicted octanol–water partition coefficient (Wildman–Crippen LogP) is 2.67. The second-order valence-corrected chi connectivity index (χ2v) is 4.47. The lowest BCUT2D eigenvalue weighted by atomic mass is 10.0. The average Bonchev–Trinajstić information content (AvgIpc) is 2.27. The predicted molar refractivity (Wildman–Crippen MR) is 68.5 cm³/mol. The maximum atomic E-state index is 9.20. The molecule has 2 nitrogen and oxygen atoms in total. The summed E-state index contributed by atoms with van der Waals surface area (Å²) in [4.78, 5) is 0. The van der Waals surface area contributed by atoms with Crippen molar-refractivity contribution in [1.29, 1.82) is 0 Å². The number of benzene rings is 1. The summed E-state index contributed by atoms with van der Waals surface area (Å²) in [5.41, 5.74) is 2.68. The fourth-order valence-corrected chi connectivity index (χ4v) is 1.73. The Morgan fingerprint density at radius 3 is 2.31 bits per heavy atom. The van der Waals surface area contributed by atoms with E-state index in [0.717, 1.165) is 6.42 Å². The Kier molecular flexibility index (Phi) is 5.50. The maximum absolute atomic E-state index is 9.20. The molecule has 0 aliphatic carbocycles. The van der Waals surface area contributed by atoms with Crippen molar-refractivity contribution in [2.45, 2.75) is 45.8 Å². The fourth-order valence-electron chi connectivity index (χ4n) is 1.73. The SMILES string of the molecule is CCCc1ccc(C(C)NC[C@H](C)O)cc1. The second kappa shape index (κ2) is 6.66. The molecule has 0 aliphatic rings. The summed E-state index contributed by atoms with van der Waals surface area (Å²) >= 11 is 0. The first kappa shape index (κ1) is 13.2. The minimum Gasteiger partial charge on any atom is -0.392 e. The van der Waals surface area contributed by atoms with Gasteiger partial charge in [0.25, 0.3) is 0 Å². The van der Waals surface area contributed by atoms with Gasteiger partial charge in [-0.25, -0.2) is 0 Å². The molecule has 0 saturated carbocycles. The molecule has 90 valence electrons. The van der Waals surface area contributed by atoms with E-state index in [4.69, 9.17) is 0 Å². The smallest absolute Gasteiger partial charge is 0.0636 e. The Labute approximate surface area is 98.7 Å². The summed E-state index contributed by atoms with van der Waals surface area (Å²) in [5.74, 6) is 0. The van der Waals surface area contributed by atoms with Crippen LogP contribution in [-0.4, -0.2) is 17.8 Å². The molecule has 0 saturated heterocycles. The van der Waals surface area contributed by atoms with Gasteiger partial charge in [-0.2, -0.15) is 0 Å². The number of aliphatic hydroxyl groups excluding tert-OH is 1. The monoisotopic (exact) mass is 221 g/mol. The third kappa shape index (κ3) is 4.33. The molecule has 1 unspecified atom stereocenters. The normalized spacial score (nSPS) is 14.8. The molecule has 0 aromatic heterocycles. The van der Waals surface area contributed by atoms with E-state index in [-0.39, 0.29) is 6.10 Å². The van der Waals surface area contributed by atoms with E-state index >= 15 is 0 Å². The van der Waals surface area contributed by atoms with Crippen LogP contribution in [0.5, 0.6) is 0 Å². The van der Waals surface area contributed by atoms with Crippen LogP contribution in [0.3, 0.4) is 0 Å². The Hall–Kier alpha value is -0.860. The van der Waals surface area contributed by atoms with E-state index in [1.54, 1.807) is 6.92 Å². The van der Waals surface area contributed by atoms with Crippen molar-refractivity contribution in [3.63, 3.8) is 0 Å². The van der Waals surface area contributed by atoms with Gasteiger partial charge >= 0.3 is 0 Å². The van der Waals surface area contributed by atoms with Gasteiger partial charge in [-0.1, -0.05) is 37.6 Å². The molecule has 1 aromatic rings. The molecular formula is C14H23NO. The van der Waals surface area contributed by atoms with Gasteiger partial charge in [0.2, 0.25) is 0 Å². The maximum Gasteiger partial charge on any atom is 0.0636 e.